The molecule has 0 saturated heterocycles. The number of rotatable bonds is 4. The second kappa shape index (κ2) is 9.56. The number of hydrogen-bond donors (Lipinski definition) is 1. The van der Waals surface area contributed by atoms with Crippen LogP contribution in [0.2, 0.25) is 0 Å². The number of carbonyl (C=O) groups is 1. The molecular formula is C22H23F2N5O5S. The Morgan fingerprint density at radius 2 is 1.97 bits per heavy atom. The van der Waals surface area contributed by atoms with Gasteiger partial charge < -0.3 is 14.1 Å². The molecule has 2 bridgehead atoms. The minimum Gasteiger partial charge on any atom is -0.382 e. The molecule has 4 rings (SSSR count). The highest BCUT2D eigenvalue weighted by Gasteiger charge is 2.26. The Kier molecular flexibility index (Phi) is 6.70. The van der Waals surface area contributed by atoms with E-state index in [-0.39, 0.29) is 23.0 Å². The minimum absolute atomic E-state index is 0.0211. The first-order valence-electron chi connectivity index (χ1n) is 10.8. The van der Waals surface area contributed by atoms with Crippen molar-refractivity contribution < 1.29 is 26.2 Å². The number of alkyl halides is 2. The zero-order valence-electron chi connectivity index (χ0n) is 18.9. The predicted octanol–water partition coefficient (Wildman–Crippen LogP) is 3.19. The molecular weight excluding hydrogens is 484 g/mol. The SMILES string of the molecule is C[C@@H]1CCC[C@H](n2ccc(OS(C)(=O)=O)cc2=O)c2cc(ccn2)-c2c(cnn2C(F)F)NC1=O. The molecule has 4 heterocycles. The normalized spacial score (nSPS) is 18.8. The molecule has 0 aliphatic carbocycles. The highest BCUT2D eigenvalue weighted by molar-refractivity contribution is 7.86. The number of nitrogens with zero attached hydrogens (tertiary/aromatic N) is 4. The molecule has 0 aromatic carbocycles. The quantitative estimate of drug-likeness (QED) is 0.538. The molecule has 0 radical (unpaired) electrons. The van der Waals surface area contributed by atoms with Crippen LogP contribution in [0.15, 0.2) is 47.7 Å². The van der Waals surface area contributed by atoms with Gasteiger partial charge in [-0.25, -0.2) is 4.68 Å². The van der Waals surface area contributed by atoms with Crippen LogP contribution in [0.1, 0.15) is 44.5 Å². The van der Waals surface area contributed by atoms with Crippen molar-refractivity contribution in [3.05, 3.63) is 58.9 Å². The molecule has 1 N–H and O–H groups in total. The van der Waals surface area contributed by atoms with Crippen LogP contribution >= 0.6 is 0 Å². The third-order valence-electron chi connectivity index (χ3n) is 5.70. The Morgan fingerprint density at radius 1 is 1.20 bits per heavy atom. The molecule has 0 spiro atoms. The highest BCUT2D eigenvalue weighted by atomic mass is 32.2. The molecule has 10 nitrogen and oxygen atoms in total. The molecule has 35 heavy (non-hydrogen) atoms. The largest absolute Gasteiger partial charge is 0.382 e. The minimum atomic E-state index is -3.82. The monoisotopic (exact) mass is 507 g/mol. The van der Waals surface area contributed by atoms with E-state index in [1.807, 2.05) is 0 Å². The van der Waals surface area contributed by atoms with Crippen molar-refractivity contribution >= 4 is 21.7 Å². The summed E-state index contributed by atoms with van der Waals surface area (Å²) in [7, 11) is -3.82. The first-order valence-corrected chi connectivity index (χ1v) is 12.6. The Bertz CT molecular complexity index is 1420. The van der Waals surface area contributed by atoms with Crippen molar-refractivity contribution in [3.8, 4) is 17.0 Å². The van der Waals surface area contributed by atoms with Gasteiger partial charge in [-0.3, -0.25) is 14.6 Å². The van der Waals surface area contributed by atoms with Crippen LogP contribution in [0.25, 0.3) is 11.3 Å². The zero-order valence-corrected chi connectivity index (χ0v) is 19.7. The summed E-state index contributed by atoms with van der Waals surface area (Å²) in [6.45, 7) is -1.22. The number of amides is 1. The lowest BCUT2D eigenvalue weighted by molar-refractivity contribution is -0.119. The van der Waals surface area contributed by atoms with Gasteiger partial charge in [0.05, 0.1) is 35.6 Å². The summed E-state index contributed by atoms with van der Waals surface area (Å²) in [5, 5.41) is 6.44. The van der Waals surface area contributed by atoms with Gasteiger partial charge >= 0.3 is 16.7 Å². The zero-order chi connectivity index (χ0) is 25.3. The fraction of sp³-hybridized carbons (Fsp3) is 0.364. The Balaban J connectivity index is 1.84. The average molecular weight is 508 g/mol. The summed E-state index contributed by atoms with van der Waals surface area (Å²) >= 11 is 0. The number of hydrogen-bond acceptors (Lipinski definition) is 7. The molecule has 1 amide bonds. The van der Waals surface area contributed by atoms with Crippen LogP contribution in [0.4, 0.5) is 14.5 Å². The van der Waals surface area contributed by atoms with Gasteiger partial charge in [0, 0.05) is 29.9 Å². The number of nitrogens with one attached hydrogen (secondary N) is 1. The van der Waals surface area contributed by atoms with Crippen LogP contribution in [-0.4, -0.2) is 39.9 Å². The number of carbonyl (C=O) groups excluding carboxylic acids is 1. The second-order valence-corrected chi connectivity index (χ2v) is 9.91. The van der Waals surface area contributed by atoms with Gasteiger partial charge in [-0.05, 0) is 31.0 Å². The van der Waals surface area contributed by atoms with Crippen molar-refractivity contribution in [1.29, 1.82) is 0 Å². The van der Waals surface area contributed by atoms with Crippen molar-refractivity contribution in [2.75, 3.05) is 11.6 Å². The van der Waals surface area contributed by atoms with Crippen LogP contribution in [-0.2, 0) is 14.9 Å². The number of anilines is 1. The molecule has 2 atom stereocenters. The van der Waals surface area contributed by atoms with Gasteiger partial charge in [-0.15, -0.1) is 0 Å². The van der Waals surface area contributed by atoms with E-state index in [0.29, 0.717) is 35.2 Å². The van der Waals surface area contributed by atoms with E-state index in [1.54, 1.807) is 13.0 Å². The standard InChI is InChI=1S/C22H23F2N5O5S/c1-13-4-3-5-18(28-9-7-15(11-19(28)30)34-35(2,32)33)16-10-14(6-8-25-16)20-17(27-21(13)31)12-26-29(20)22(23)24/h6-13,18,22H,3-5H2,1-2H3,(H,27,31)/t13-,18+/m1/s1. The summed E-state index contributed by atoms with van der Waals surface area (Å²) in [6, 6.07) is 4.90. The molecule has 1 aliphatic heterocycles. The van der Waals surface area contributed by atoms with Crippen molar-refractivity contribution in [2.24, 2.45) is 5.92 Å². The van der Waals surface area contributed by atoms with E-state index in [4.69, 9.17) is 4.18 Å². The van der Waals surface area contributed by atoms with Crippen LogP contribution in [0, 0.1) is 5.92 Å². The van der Waals surface area contributed by atoms with Gasteiger partial charge in [0.1, 0.15) is 5.75 Å². The fourth-order valence-electron chi connectivity index (χ4n) is 4.06. The Labute approximate surface area is 199 Å². The third-order valence-corrected chi connectivity index (χ3v) is 6.19. The number of fused-ring (bicyclic) bond motifs is 4. The molecule has 3 aromatic rings. The highest BCUT2D eigenvalue weighted by Crippen LogP contribution is 2.34. The second-order valence-electron chi connectivity index (χ2n) is 8.33. The van der Waals surface area contributed by atoms with Crippen LogP contribution < -0.4 is 15.1 Å². The number of pyridine rings is 2. The van der Waals surface area contributed by atoms with Crippen LogP contribution in [0.3, 0.4) is 0 Å². The smallest absolute Gasteiger partial charge is 0.333 e. The topological polar surface area (TPSA) is 125 Å². The molecule has 0 saturated carbocycles. The molecule has 13 heteroatoms. The van der Waals surface area contributed by atoms with Gasteiger partial charge in [0.2, 0.25) is 5.91 Å². The number of halogens is 2. The molecule has 0 unspecified atom stereocenters. The molecule has 186 valence electrons. The van der Waals surface area contributed by atoms with E-state index < -0.39 is 34.2 Å². The lowest BCUT2D eigenvalue weighted by Gasteiger charge is -2.22. The average Bonchev–Trinajstić information content (AvgIpc) is 3.19. The first-order chi connectivity index (χ1) is 16.5. The molecule has 1 aliphatic rings. The Morgan fingerprint density at radius 3 is 2.66 bits per heavy atom. The summed E-state index contributed by atoms with van der Waals surface area (Å²) in [5.74, 6) is -0.878. The van der Waals surface area contributed by atoms with Crippen LogP contribution in [0.5, 0.6) is 5.75 Å². The van der Waals surface area contributed by atoms with E-state index in [1.165, 1.54) is 35.3 Å². The van der Waals surface area contributed by atoms with Crippen molar-refractivity contribution in [2.45, 2.75) is 38.8 Å². The molecule has 0 fully saturated rings. The van der Waals surface area contributed by atoms with Gasteiger partial charge in [-0.1, -0.05) is 13.3 Å². The maximum absolute atomic E-state index is 13.7. The Hall–Kier alpha value is -3.61. The van der Waals surface area contributed by atoms with Gasteiger partial charge in [0.25, 0.3) is 5.56 Å². The van der Waals surface area contributed by atoms with Crippen molar-refractivity contribution in [1.82, 2.24) is 19.3 Å². The summed E-state index contributed by atoms with van der Waals surface area (Å²) in [6.07, 6.45) is 6.34. The first kappa shape index (κ1) is 24.5. The van der Waals surface area contributed by atoms with Crippen molar-refractivity contribution in [3.63, 3.8) is 0 Å². The van der Waals surface area contributed by atoms with E-state index >= 15 is 0 Å². The lowest BCUT2D eigenvalue weighted by atomic mass is 9.97. The third kappa shape index (κ3) is 5.39. The number of aromatic nitrogens is 4. The predicted molar refractivity (Wildman–Crippen MR) is 123 cm³/mol. The van der Waals surface area contributed by atoms with E-state index in [9.17, 15) is 26.8 Å². The summed E-state index contributed by atoms with van der Waals surface area (Å²) in [5.41, 5.74) is 0.420. The maximum Gasteiger partial charge on any atom is 0.333 e. The lowest BCUT2D eigenvalue weighted by Crippen LogP contribution is -2.26. The summed E-state index contributed by atoms with van der Waals surface area (Å²) < 4.78 is 56.9. The van der Waals surface area contributed by atoms with Gasteiger partial charge in [-0.2, -0.15) is 22.3 Å². The summed E-state index contributed by atoms with van der Waals surface area (Å²) in [4.78, 5) is 30.0. The molecule has 3 aromatic heterocycles. The van der Waals surface area contributed by atoms with E-state index in [2.05, 4.69) is 15.4 Å². The maximum atomic E-state index is 13.7. The fourth-order valence-corrected chi connectivity index (χ4v) is 4.51. The van der Waals surface area contributed by atoms with Gasteiger partial charge in [0.15, 0.2) is 0 Å². The van der Waals surface area contributed by atoms with E-state index in [0.717, 1.165) is 12.3 Å².